The van der Waals surface area contributed by atoms with E-state index in [1.54, 1.807) is 11.9 Å². The van der Waals surface area contributed by atoms with Gasteiger partial charge in [-0.25, -0.2) is 0 Å². The van der Waals surface area contributed by atoms with Gasteiger partial charge in [-0.2, -0.15) is 0 Å². The van der Waals surface area contributed by atoms with Gasteiger partial charge < -0.3 is 15.5 Å². The van der Waals surface area contributed by atoms with E-state index in [1.165, 1.54) is 20.8 Å². The van der Waals surface area contributed by atoms with Crippen molar-refractivity contribution in [1.82, 2.24) is 9.80 Å². The molecular formula is C26H32N4OP+. The SMILES string of the molecule is CN(CC(=O)N(C)CCC[P+](c1ccccc1)(c1ccccc1)c1ccccc1)C(=N)N. The fraction of sp³-hybridized carbons (Fsp3) is 0.231. The third-order valence-corrected chi connectivity index (χ3v) is 10.3. The zero-order valence-electron chi connectivity index (χ0n) is 18.8. The van der Waals surface area contributed by atoms with Crippen LogP contribution in [0.2, 0.25) is 0 Å². The lowest BCUT2D eigenvalue weighted by atomic mass is 10.3. The van der Waals surface area contributed by atoms with E-state index in [2.05, 4.69) is 91.0 Å². The van der Waals surface area contributed by atoms with Crippen molar-refractivity contribution in [3.63, 3.8) is 0 Å². The summed E-state index contributed by atoms with van der Waals surface area (Å²) in [5, 5.41) is 11.5. The Morgan fingerprint density at radius 3 is 1.56 bits per heavy atom. The number of amides is 1. The van der Waals surface area contributed by atoms with Gasteiger partial charge in [0.2, 0.25) is 5.91 Å². The summed E-state index contributed by atoms with van der Waals surface area (Å²) in [6, 6.07) is 32.3. The Balaban J connectivity index is 1.90. The van der Waals surface area contributed by atoms with Gasteiger partial charge in [0, 0.05) is 20.6 Å². The lowest BCUT2D eigenvalue weighted by Crippen LogP contribution is -2.42. The number of carbonyl (C=O) groups is 1. The molecule has 6 heteroatoms. The Bertz CT molecular complexity index is 915. The molecule has 0 aliphatic rings. The molecule has 0 aliphatic heterocycles. The number of likely N-dealkylation sites (N-methyl/N-ethyl adjacent to an activating group) is 2. The Hall–Kier alpha value is -3.17. The van der Waals surface area contributed by atoms with Crippen LogP contribution in [0.1, 0.15) is 6.42 Å². The number of hydrogen-bond donors (Lipinski definition) is 2. The highest BCUT2D eigenvalue weighted by Crippen LogP contribution is 2.55. The van der Waals surface area contributed by atoms with Crippen LogP contribution in [0.25, 0.3) is 0 Å². The van der Waals surface area contributed by atoms with Gasteiger partial charge in [-0.1, -0.05) is 54.6 Å². The number of guanidine groups is 1. The minimum Gasteiger partial charge on any atom is -0.370 e. The summed E-state index contributed by atoms with van der Waals surface area (Å²) in [7, 11) is 1.60. The Morgan fingerprint density at radius 1 is 0.781 bits per heavy atom. The minimum absolute atomic E-state index is 0.0363. The number of benzene rings is 3. The van der Waals surface area contributed by atoms with Gasteiger partial charge in [-0.15, -0.1) is 0 Å². The largest absolute Gasteiger partial charge is 0.370 e. The van der Waals surface area contributed by atoms with Crippen LogP contribution in [0.3, 0.4) is 0 Å². The van der Waals surface area contributed by atoms with Crippen molar-refractivity contribution in [2.45, 2.75) is 6.42 Å². The molecule has 166 valence electrons. The molecule has 0 unspecified atom stereocenters. The van der Waals surface area contributed by atoms with E-state index in [4.69, 9.17) is 11.1 Å². The molecule has 0 spiro atoms. The number of hydrogen-bond acceptors (Lipinski definition) is 2. The Morgan fingerprint density at radius 2 is 1.19 bits per heavy atom. The van der Waals surface area contributed by atoms with Crippen molar-refractivity contribution in [1.29, 1.82) is 5.41 Å². The predicted octanol–water partition coefficient (Wildman–Crippen LogP) is 2.65. The smallest absolute Gasteiger partial charge is 0.241 e. The number of carbonyl (C=O) groups excluding carboxylic acids is 1. The maximum atomic E-state index is 12.6. The molecule has 0 saturated heterocycles. The third kappa shape index (κ3) is 5.35. The molecule has 0 aliphatic carbocycles. The van der Waals surface area contributed by atoms with Crippen LogP contribution in [-0.2, 0) is 4.79 Å². The second-order valence-corrected chi connectivity index (χ2v) is 11.6. The fourth-order valence-corrected chi connectivity index (χ4v) is 8.29. The highest BCUT2D eigenvalue weighted by Gasteiger charge is 2.44. The van der Waals surface area contributed by atoms with Crippen molar-refractivity contribution in [2.24, 2.45) is 5.73 Å². The lowest BCUT2D eigenvalue weighted by Gasteiger charge is -2.29. The zero-order valence-corrected chi connectivity index (χ0v) is 19.7. The van der Waals surface area contributed by atoms with Crippen molar-refractivity contribution in [3.05, 3.63) is 91.0 Å². The highest BCUT2D eigenvalue weighted by atomic mass is 31.2. The standard InChI is InChI=1S/C26H32N4OP/c1-29(25(31)21-30(2)26(27)28)19-12-20-32(22-13-6-3-7-14-22,23-15-8-4-9-16-23)24-17-10-5-11-18-24/h3-11,13-18H,12,19-21H2,1-2H3,(H3,27,28)/q+1. The molecule has 0 atom stereocenters. The zero-order chi connectivity index (χ0) is 23.0. The second kappa shape index (κ2) is 10.9. The summed E-state index contributed by atoms with van der Waals surface area (Å²) in [4.78, 5) is 15.8. The number of nitrogens with zero attached hydrogens (tertiary/aromatic N) is 2. The van der Waals surface area contributed by atoms with Gasteiger partial charge in [0.05, 0.1) is 12.7 Å². The fourth-order valence-electron chi connectivity index (χ4n) is 3.96. The van der Waals surface area contributed by atoms with Crippen molar-refractivity contribution in [3.8, 4) is 0 Å². The monoisotopic (exact) mass is 447 g/mol. The molecule has 0 saturated carbocycles. The second-order valence-electron chi connectivity index (χ2n) is 7.95. The predicted molar refractivity (Wildman–Crippen MR) is 137 cm³/mol. The van der Waals surface area contributed by atoms with E-state index in [9.17, 15) is 4.79 Å². The summed E-state index contributed by atoms with van der Waals surface area (Å²) < 4.78 is 0. The average molecular weight is 448 g/mol. The van der Waals surface area contributed by atoms with Crippen molar-refractivity contribution in [2.75, 3.05) is 33.3 Å². The summed E-state index contributed by atoms with van der Waals surface area (Å²) in [5.74, 6) is -0.139. The molecule has 5 nitrogen and oxygen atoms in total. The quantitative estimate of drug-likeness (QED) is 0.301. The molecular weight excluding hydrogens is 415 g/mol. The molecule has 0 radical (unpaired) electrons. The maximum absolute atomic E-state index is 12.6. The first-order valence-corrected chi connectivity index (χ1v) is 12.8. The molecule has 0 aromatic heterocycles. The first-order chi connectivity index (χ1) is 15.4. The van der Waals surface area contributed by atoms with Crippen molar-refractivity contribution >= 4 is 35.0 Å². The molecule has 3 rings (SSSR count). The first-order valence-electron chi connectivity index (χ1n) is 10.8. The highest BCUT2D eigenvalue weighted by molar-refractivity contribution is 7.95. The van der Waals surface area contributed by atoms with E-state index in [-0.39, 0.29) is 18.4 Å². The van der Waals surface area contributed by atoms with Gasteiger partial charge >= 0.3 is 0 Å². The molecule has 3 aromatic rings. The average Bonchev–Trinajstić information content (AvgIpc) is 2.83. The van der Waals surface area contributed by atoms with Crippen LogP contribution >= 0.6 is 7.26 Å². The molecule has 32 heavy (non-hydrogen) atoms. The van der Waals surface area contributed by atoms with Crippen LogP contribution in [0.4, 0.5) is 0 Å². The summed E-state index contributed by atoms with van der Waals surface area (Å²) >= 11 is 0. The van der Waals surface area contributed by atoms with Gasteiger partial charge in [-0.3, -0.25) is 10.2 Å². The summed E-state index contributed by atoms with van der Waals surface area (Å²) in [6.07, 6.45) is 1.84. The minimum atomic E-state index is -1.89. The van der Waals surface area contributed by atoms with E-state index < -0.39 is 7.26 Å². The summed E-state index contributed by atoms with van der Waals surface area (Å²) in [5.41, 5.74) is 5.48. The van der Waals surface area contributed by atoms with Gasteiger partial charge in [0.15, 0.2) is 5.96 Å². The lowest BCUT2D eigenvalue weighted by molar-refractivity contribution is -0.130. The number of nitrogens with one attached hydrogen (secondary N) is 1. The van der Waals surface area contributed by atoms with Crippen LogP contribution in [0.15, 0.2) is 91.0 Å². The van der Waals surface area contributed by atoms with E-state index in [0.717, 1.165) is 12.6 Å². The van der Waals surface area contributed by atoms with Gasteiger partial charge in [0.1, 0.15) is 23.2 Å². The van der Waals surface area contributed by atoms with Crippen molar-refractivity contribution < 1.29 is 4.79 Å². The normalized spacial score (nSPS) is 11.1. The van der Waals surface area contributed by atoms with Gasteiger partial charge in [0.25, 0.3) is 0 Å². The van der Waals surface area contributed by atoms with Gasteiger partial charge in [-0.05, 0) is 42.8 Å². The topological polar surface area (TPSA) is 73.4 Å². The number of nitrogens with two attached hydrogens (primary N) is 1. The molecule has 1 amide bonds. The third-order valence-electron chi connectivity index (χ3n) is 5.79. The van der Waals surface area contributed by atoms with Crippen LogP contribution < -0.4 is 21.6 Å². The van der Waals surface area contributed by atoms with E-state index >= 15 is 0 Å². The maximum Gasteiger partial charge on any atom is 0.241 e. The Kier molecular flexibility index (Phi) is 8.02. The molecule has 0 heterocycles. The summed E-state index contributed by atoms with van der Waals surface area (Å²) in [6.45, 7) is 0.765. The first kappa shape index (κ1) is 23.5. The number of rotatable bonds is 9. The van der Waals surface area contributed by atoms with Crippen LogP contribution in [0, 0.1) is 5.41 Å². The van der Waals surface area contributed by atoms with Crippen LogP contribution in [-0.4, -0.2) is 55.0 Å². The van der Waals surface area contributed by atoms with E-state index in [1.807, 2.05) is 7.05 Å². The van der Waals surface area contributed by atoms with E-state index in [0.29, 0.717) is 6.54 Å². The molecule has 3 aromatic carbocycles. The molecule has 0 fully saturated rings. The Labute approximate surface area is 191 Å². The molecule has 3 N–H and O–H groups in total. The molecule has 0 bridgehead atoms. The van der Waals surface area contributed by atoms with Crippen LogP contribution in [0.5, 0.6) is 0 Å².